The molecule has 2 heteroatoms. The first-order valence-electron chi connectivity index (χ1n) is 7.84. The smallest absolute Gasteiger partial charge is 0.124 e. The molecule has 1 aliphatic heterocycles. The average Bonchev–Trinajstić information content (AvgIpc) is 2.87. The number of rotatable bonds is 3. The van der Waals surface area contributed by atoms with E-state index < -0.39 is 0 Å². The van der Waals surface area contributed by atoms with E-state index in [1.165, 1.54) is 29.5 Å². The molecule has 1 atom stereocenters. The molecule has 0 spiro atoms. The maximum Gasteiger partial charge on any atom is 0.124 e. The number of nitrogens with one attached hydrogen (secondary N) is 1. The summed E-state index contributed by atoms with van der Waals surface area (Å²) in [5.74, 6) is 1.77. The predicted molar refractivity (Wildman–Crippen MR) is 84.8 cm³/mol. The second kappa shape index (κ2) is 5.19. The minimum Gasteiger partial charge on any atom is -0.491 e. The highest BCUT2D eigenvalue weighted by Gasteiger charge is 2.34. The van der Waals surface area contributed by atoms with Crippen LogP contribution in [0.15, 0.2) is 48.5 Å². The van der Waals surface area contributed by atoms with Crippen molar-refractivity contribution in [2.75, 3.05) is 6.61 Å². The summed E-state index contributed by atoms with van der Waals surface area (Å²) in [6.07, 6.45) is 2.48. The molecule has 2 aromatic carbocycles. The first kappa shape index (κ1) is 12.9. The summed E-state index contributed by atoms with van der Waals surface area (Å²) < 4.78 is 5.75. The number of hydrogen-bond donors (Lipinski definition) is 1. The summed E-state index contributed by atoms with van der Waals surface area (Å²) in [4.78, 5) is 0. The molecule has 0 radical (unpaired) electrons. The number of aryl methyl sites for hydroxylation is 1. The van der Waals surface area contributed by atoms with Gasteiger partial charge in [0.05, 0.1) is 6.04 Å². The molecule has 2 aliphatic rings. The first-order chi connectivity index (χ1) is 10.3. The number of ether oxygens (including phenoxy) is 1. The summed E-state index contributed by atoms with van der Waals surface area (Å²) in [6, 6.07) is 18.1. The van der Waals surface area contributed by atoms with Crippen molar-refractivity contribution < 1.29 is 4.74 Å². The van der Waals surface area contributed by atoms with Crippen LogP contribution in [0.25, 0.3) is 0 Å². The van der Waals surface area contributed by atoms with Crippen LogP contribution in [0, 0.1) is 6.92 Å². The lowest BCUT2D eigenvalue weighted by Crippen LogP contribution is -2.42. The van der Waals surface area contributed by atoms with Crippen molar-refractivity contribution in [3.8, 4) is 5.75 Å². The fraction of sp³-hybridized carbons (Fsp3) is 0.368. The summed E-state index contributed by atoms with van der Waals surface area (Å²) >= 11 is 0. The van der Waals surface area contributed by atoms with E-state index in [2.05, 4.69) is 54.7 Å². The Morgan fingerprint density at radius 2 is 1.67 bits per heavy atom. The minimum atomic E-state index is 0.365. The van der Waals surface area contributed by atoms with Crippen LogP contribution in [-0.4, -0.2) is 12.6 Å². The van der Waals surface area contributed by atoms with E-state index in [0.29, 0.717) is 12.1 Å². The van der Waals surface area contributed by atoms with E-state index >= 15 is 0 Å². The van der Waals surface area contributed by atoms with E-state index in [1.807, 2.05) is 6.07 Å². The van der Waals surface area contributed by atoms with Crippen molar-refractivity contribution in [2.24, 2.45) is 0 Å². The molecule has 1 unspecified atom stereocenters. The minimum absolute atomic E-state index is 0.365. The average molecular weight is 279 g/mol. The first-order valence-corrected chi connectivity index (χ1v) is 7.84. The van der Waals surface area contributed by atoms with E-state index in [1.54, 1.807) is 0 Å². The van der Waals surface area contributed by atoms with Crippen molar-refractivity contribution in [3.63, 3.8) is 0 Å². The lowest BCUT2D eigenvalue weighted by molar-refractivity contribution is 0.235. The fourth-order valence-electron chi connectivity index (χ4n) is 3.64. The molecule has 1 N–H and O–H groups in total. The van der Waals surface area contributed by atoms with Crippen LogP contribution >= 0.6 is 0 Å². The Morgan fingerprint density at radius 1 is 0.952 bits per heavy atom. The number of benzene rings is 2. The van der Waals surface area contributed by atoms with Gasteiger partial charge in [-0.25, -0.2) is 0 Å². The third-order valence-electron chi connectivity index (χ3n) is 4.90. The van der Waals surface area contributed by atoms with Gasteiger partial charge in [0.1, 0.15) is 12.4 Å². The van der Waals surface area contributed by atoms with Crippen LogP contribution in [0.2, 0.25) is 0 Å². The van der Waals surface area contributed by atoms with Gasteiger partial charge in [0.15, 0.2) is 0 Å². The molecular formula is C19H21NO. The number of para-hydroxylation sites is 1. The highest BCUT2D eigenvalue weighted by molar-refractivity contribution is 5.39. The normalized spacial score (nSPS) is 26.8. The summed E-state index contributed by atoms with van der Waals surface area (Å²) in [5, 5.41) is 3.77. The van der Waals surface area contributed by atoms with E-state index in [9.17, 15) is 0 Å². The monoisotopic (exact) mass is 279 g/mol. The zero-order chi connectivity index (χ0) is 14.2. The van der Waals surface area contributed by atoms with E-state index in [4.69, 9.17) is 4.74 Å². The van der Waals surface area contributed by atoms with Gasteiger partial charge in [-0.2, -0.15) is 0 Å². The SMILES string of the molecule is Cc1ccccc1C1CC(NC2COc3ccccc32)C1. The standard InChI is InChI=1S/C19H21NO/c1-13-6-2-3-7-16(13)14-10-15(11-14)20-18-12-21-19-9-5-4-8-17(18)19/h2-9,14-15,18,20H,10-12H2,1H3. The van der Waals surface area contributed by atoms with Gasteiger partial charge < -0.3 is 10.1 Å². The molecule has 1 heterocycles. The maximum absolute atomic E-state index is 5.75. The Morgan fingerprint density at radius 3 is 2.48 bits per heavy atom. The van der Waals surface area contributed by atoms with Crippen molar-refractivity contribution in [2.45, 2.75) is 37.8 Å². The van der Waals surface area contributed by atoms with Crippen LogP contribution in [0.1, 0.15) is 41.5 Å². The van der Waals surface area contributed by atoms with Crippen LogP contribution in [0.5, 0.6) is 5.75 Å². The second-order valence-corrected chi connectivity index (χ2v) is 6.29. The van der Waals surface area contributed by atoms with Gasteiger partial charge in [0, 0.05) is 11.6 Å². The lowest BCUT2D eigenvalue weighted by Gasteiger charge is -2.38. The summed E-state index contributed by atoms with van der Waals surface area (Å²) in [7, 11) is 0. The highest BCUT2D eigenvalue weighted by Crippen LogP contribution is 2.40. The molecule has 1 saturated carbocycles. The fourth-order valence-corrected chi connectivity index (χ4v) is 3.64. The summed E-state index contributed by atoms with van der Waals surface area (Å²) in [6.45, 7) is 2.99. The van der Waals surface area contributed by atoms with Gasteiger partial charge in [-0.1, -0.05) is 42.5 Å². The van der Waals surface area contributed by atoms with Crippen LogP contribution < -0.4 is 10.1 Å². The van der Waals surface area contributed by atoms with Crippen molar-refractivity contribution in [1.29, 1.82) is 0 Å². The second-order valence-electron chi connectivity index (χ2n) is 6.29. The Labute approximate surface area is 126 Å². The molecular weight excluding hydrogens is 258 g/mol. The maximum atomic E-state index is 5.75. The van der Waals surface area contributed by atoms with Crippen LogP contribution in [0.4, 0.5) is 0 Å². The van der Waals surface area contributed by atoms with Gasteiger partial charge in [-0.05, 0) is 42.9 Å². The molecule has 108 valence electrons. The van der Waals surface area contributed by atoms with Gasteiger partial charge >= 0.3 is 0 Å². The summed E-state index contributed by atoms with van der Waals surface area (Å²) in [5.41, 5.74) is 4.27. The Kier molecular flexibility index (Phi) is 3.19. The topological polar surface area (TPSA) is 21.3 Å². The predicted octanol–water partition coefficient (Wildman–Crippen LogP) is 3.96. The molecule has 0 bridgehead atoms. The van der Waals surface area contributed by atoms with E-state index in [-0.39, 0.29) is 0 Å². The third-order valence-corrected chi connectivity index (χ3v) is 4.90. The Balaban J connectivity index is 1.39. The van der Waals surface area contributed by atoms with Crippen LogP contribution in [0.3, 0.4) is 0 Å². The van der Waals surface area contributed by atoms with Gasteiger partial charge in [0.2, 0.25) is 0 Å². The van der Waals surface area contributed by atoms with Gasteiger partial charge in [-0.3, -0.25) is 0 Å². The molecule has 1 aliphatic carbocycles. The molecule has 2 aromatic rings. The Bertz CT molecular complexity index is 646. The van der Waals surface area contributed by atoms with Crippen molar-refractivity contribution >= 4 is 0 Å². The van der Waals surface area contributed by atoms with Gasteiger partial charge in [-0.15, -0.1) is 0 Å². The molecule has 0 saturated heterocycles. The van der Waals surface area contributed by atoms with E-state index in [0.717, 1.165) is 18.3 Å². The highest BCUT2D eigenvalue weighted by atomic mass is 16.5. The zero-order valence-corrected chi connectivity index (χ0v) is 12.4. The third kappa shape index (κ3) is 2.34. The Hall–Kier alpha value is -1.80. The van der Waals surface area contributed by atoms with Gasteiger partial charge in [0.25, 0.3) is 0 Å². The largest absolute Gasteiger partial charge is 0.491 e. The van der Waals surface area contributed by atoms with Crippen molar-refractivity contribution in [1.82, 2.24) is 5.32 Å². The zero-order valence-electron chi connectivity index (χ0n) is 12.4. The quantitative estimate of drug-likeness (QED) is 0.918. The van der Waals surface area contributed by atoms with Crippen LogP contribution in [-0.2, 0) is 0 Å². The molecule has 0 aromatic heterocycles. The number of fused-ring (bicyclic) bond motifs is 1. The molecule has 1 fully saturated rings. The molecule has 4 rings (SSSR count). The molecule has 0 amide bonds. The van der Waals surface area contributed by atoms with Crippen molar-refractivity contribution in [3.05, 3.63) is 65.2 Å². The molecule has 2 nitrogen and oxygen atoms in total. The number of hydrogen-bond acceptors (Lipinski definition) is 2. The molecule has 21 heavy (non-hydrogen) atoms. The lowest BCUT2D eigenvalue weighted by atomic mass is 9.74.